The minimum absolute atomic E-state index is 0.148. The predicted molar refractivity (Wildman–Crippen MR) is 71.8 cm³/mol. The molecule has 0 fully saturated rings. The van der Waals surface area contributed by atoms with Crippen molar-refractivity contribution in [2.45, 2.75) is 33.2 Å². The quantitative estimate of drug-likeness (QED) is 0.457. The second-order valence-corrected chi connectivity index (χ2v) is 4.43. The molecule has 0 rings (SSSR count). The standard InChI is InChI=1S/C14H25NO2/c1-6-9-15(10-7-2)13(11-12(4)5)14(16)17-8-3/h6-7,12-13H,1-2,8-11H2,3-5H3. The number of rotatable bonds is 9. The van der Waals surface area contributed by atoms with Gasteiger partial charge in [-0.2, -0.15) is 0 Å². The molecule has 0 aromatic rings. The van der Waals surface area contributed by atoms with Crippen LogP contribution >= 0.6 is 0 Å². The molecule has 0 radical (unpaired) electrons. The van der Waals surface area contributed by atoms with Gasteiger partial charge in [-0.25, -0.2) is 0 Å². The normalized spacial score (nSPS) is 12.5. The Morgan fingerprint density at radius 3 is 2.18 bits per heavy atom. The summed E-state index contributed by atoms with van der Waals surface area (Å²) < 4.78 is 5.13. The summed E-state index contributed by atoms with van der Waals surface area (Å²) in [6, 6.07) is -0.203. The van der Waals surface area contributed by atoms with Gasteiger partial charge in [-0.15, -0.1) is 13.2 Å². The van der Waals surface area contributed by atoms with Crippen molar-refractivity contribution in [3.8, 4) is 0 Å². The van der Waals surface area contributed by atoms with E-state index in [4.69, 9.17) is 4.74 Å². The number of carbonyl (C=O) groups excluding carboxylic acids is 1. The number of esters is 1. The largest absolute Gasteiger partial charge is 0.465 e. The van der Waals surface area contributed by atoms with Gasteiger partial charge in [0.1, 0.15) is 6.04 Å². The third-order valence-electron chi connectivity index (χ3n) is 2.42. The Hall–Kier alpha value is -1.09. The fraction of sp³-hybridized carbons (Fsp3) is 0.643. The van der Waals surface area contributed by atoms with Crippen LogP contribution < -0.4 is 0 Å². The number of hydrogen-bond donors (Lipinski definition) is 0. The van der Waals surface area contributed by atoms with Gasteiger partial charge in [0.25, 0.3) is 0 Å². The van der Waals surface area contributed by atoms with Gasteiger partial charge in [0.05, 0.1) is 6.61 Å². The summed E-state index contributed by atoms with van der Waals surface area (Å²) >= 11 is 0. The first-order valence-corrected chi connectivity index (χ1v) is 6.19. The summed E-state index contributed by atoms with van der Waals surface area (Å²) in [7, 11) is 0. The molecule has 98 valence electrons. The molecule has 0 aromatic carbocycles. The van der Waals surface area contributed by atoms with E-state index in [0.717, 1.165) is 6.42 Å². The van der Waals surface area contributed by atoms with Crippen molar-refractivity contribution in [2.75, 3.05) is 19.7 Å². The first kappa shape index (κ1) is 15.9. The lowest BCUT2D eigenvalue weighted by atomic mass is 10.0. The van der Waals surface area contributed by atoms with Crippen LogP contribution in [0.15, 0.2) is 25.3 Å². The zero-order valence-electron chi connectivity index (χ0n) is 11.3. The molecule has 0 aliphatic rings. The van der Waals surface area contributed by atoms with Crippen LogP contribution in [0, 0.1) is 5.92 Å². The SMILES string of the molecule is C=CCN(CC=C)C(CC(C)C)C(=O)OCC. The van der Waals surface area contributed by atoms with Gasteiger partial charge in [0.2, 0.25) is 0 Å². The Labute approximate surface area is 105 Å². The van der Waals surface area contributed by atoms with Gasteiger partial charge in [0, 0.05) is 13.1 Å². The molecular weight excluding hydrogens is 214 g/mol. The van der Waals surface area contributed by atoms with Gasteiger partial charge < -0.3 is 4.74 Å². The Kier molecular flexibility index (Phi) is 8.42. The second-order valence-electron chi connectivity index (χ2n) is 4.43. The first-order chi connectivity index (χ1) is 8.06. The molecule has 0 aliphatic carbocycles. The van der Waals surface area contributed by atoms with Crippen LogP contribution in [0.3, 0.4) is 0 Å². The van der Waals surface area contributed by atoms with E-state index in [0.29, 0.717) is 25.6 Å². The van der Waals surface area contributed by atoms with Crippen molar-refractivity contribution in [3.05, 3.63) is 25.3 Å². The molecule has 0 N–H and O–H groups in total. The molecule has 0 saturated heterocycles. The van der Waals surface area contributed by atoms with E-state index in [2.05, 4.69) is 27.0 Å². The van der Waals surface area contributed by atoms with Gasteiger partial charge in [-0.05, 0) is 19.3 Å². The van der Waals surface area contributed by atoms with Gasteiger partial charge in [-0.1, -0.05) is 26.0 Å². The van der Waals surface area contributed by atoms with E-state index >= 15 is 0 Å². The van der Waals surface area contributed by atoms with Crippen molar-refractivity contribution in [1.82, 2.24) is 4.90 Å². The molecule has 0 amide bonds. The van der Waals surface area contributed by atoms with Crippen LogP contribution in [0.25, 0.3) is 0 Å². The first-order valence-electron chi connectivity index (χ1n) is 6.19. The highest BCUT2D eigenvalue weighted by molar-refractivity contribution is 5.75. The number of hydrogen-bond acceptors (Lipinski definition) is 3. The van der Waals surface area contributed by atoms with Crippen molar-refractivity contribution in [1.29, 1.82) is 0 Å². The Balaban J connectivity index is 4.75. The van der Waals surface area contributed by atoms with Gasteiger partial charge in [0.15, 0.2) is 0 Å². The monoisotopic (exact) mass is 239 g/mol. The number of carbonyl (C=O) groups is 1. The fourth-order valence-corrected chi connectivity index (χ4v) is 1.74. The lowest BCUT2D eigenvalue weighted by Gasteiger charge is -2.29. The average molecular weight is 239 g/mol. The molecule has 1 atom stereocenters. The van der Waals surface area contributed by atoms with E-state index in [1.54, 1.807) is 12.2 Å². The lowest BCUT2D eigenvalue weighted by molar-refractivity contribution is -0.149. The number of ether oxygens (including phenoxy) is 1. The highest BCUT2D eigenvalue weighted by Gasteiger charge is 2.26. The lowest BCUT2D eigenvalue weighted by Crippen LogP contribution is -2.43. The third kappa shape index (κ3) is 6.27. The van der Waals surface area contributed by atoms with E-state index in [1.807, 2.05) is 11.8 Å². The van der Waals surface area contributed by atoms with Crippen molar-refractivity contribution in [2.24, 2.45) is 5.92 Å². The molecule has 3 heteroatoms. The van der Waals surface area contributed by atoms with Crippen LogP contribution in [-0.4, -0.2) is 36.6 Å². The Bertz CT molecular complexity index is 239. The molecule has 17 heavy (non-hydrogen) atoms. The third-order valence-corrected chi connectivity index (χ3v) is 2.42. The van der Waals surface area contributed by atoms with E-state index in [9.17, 15) is 4.79 Å². The minimum atomic E-state index is -0.203. The van der Waals surface area contributed by atoms with E-state index in [-0.39, 0.29) is 12.0 Å². The molecule has 3 nitrogen and oxygen atoms in total. The van der Waals surface area contributed by atoms with Crippen LogP contribution in [0.4, 0.5) is 0 Å². The van der Waals surface area contributed by atoms with E-state index < -0.39 is 0 Å². The van der Waals surface area contributed by atoms with Gasteiger partial charge in [-0.3, -0.25) is 9.69 Å². The van der Waals surface area contributed by atoms with Gasteiger partial charge >= 0.3 is 5.97 Å². The maximum absolute atomic E-state index is 11.9. The fourth-order valence-electron chi connectivity index (χ4n) is 1.74. The minimum Gasteiger partial charge on any atom is -0.465 e. The summed E-state index contributed by atoms with van der Waals surface area (Å²) in [5.74, 6) is 0.298. The molecule has 0 bridgehead atoms. The zero-order chi connectivity index (χ0) is 13.3. The summed E-state index contributed by atoms with van der Waals surface area (Å²) in [5.41, 5.74) is 0. The van der Waals surface area contributed by atoms with Crippen LogP contribution in [-0.2, 0) is 9.53 Å². The van der Waals surface area contributed by atoms with Crippen molar-refractivity contribution in [3.63, 3.8) is 0 Å². The zero-order valence-corrected chi connectivity index (χ0v) is 11.3. The van der Waals surface area contributed by atoms with Crippen LogP contribution in [0.5, 0.6) is 0 Å². The maximum atomic E-state index is 11.9. The van der Waals surface area contributed by atoms with E-state index in [1.165, 1.54) is 0 Å². The Morgan fingerprint density at radius 1 is 1.29 bits per heavy atom. The van der Waals surface area contributed by atoms with Crippen LogP contribution in [0.2, 0.25) is 0 Å². The summed E-state index contributed by atoms with van der Waals surface area (Å²) in [6.45, 7) is 15.2. The molecular formula is C14H25NO2. The second kappa shape index (κ2) is 8.99. The highest BCUT2D eigenvalue weighted by Crippen LogP contribution is 2.13. The molecule has 0 saturated carbocycles. The maximum Gasteiger partial charge on any atom is 0.323 e. The molecule has 0 aliphatic heterocycles. The van der Waals surface area contributed by atoms with Crippen molar-refractivity contribution < 1.29 is 9.53 Å². The number of nitrogens with zero attached hydrogens (tertiary/aromatic N) is 1. The molecule has 0 spiro atoms. The highest BCUT2D eigenvalue weighted by atomic mass is 16.5. The molecule has 0 heterocycles. The summed E-state index contributed by atoms with van der Waals surface area (Å²) in [6.07, 6.45) is 4.40. The topological polar surface area (TPSA) is 29.5 Å². The predicted octanol–water partition coefficient (Wildman–Crippen LogP) is 2.64. The molecule has 1 unspecified atom stereocenters. The Morgan fingerprint density at radius 2 is 1.82 bits per heavy atom. The summed E-state index contributed by atoms with van der Waals surface area (Å²) in [5, 5.41) is 0. The van der Waals surface area contributed by atoms with Crippen molar-refractivity contribution >= 4 is 5.97 Å². The summed E-state index contributed by atoms with van der Waals surface area (Å²) in [4.78, 5) is 14.0. The smallest absolute Gasteiger partial charge is 0.323 e. The van der Waals surface area contributed by atoms with Crippen LogP contribution in [0.1, 0.15) is 27.2 Å². The molecule has 0 aromatic heterocycles. The average Bonchev–Trinajstić information content (AvgIpc) is 2.26.